The summed E-state index contributed by atoms with van der Waals surface area (Å²) in [5.74, 6) is -0.110. The van der Waals surface area contributed by atoms with E-state index in [0.717, 1.165) is 5.56 Å². The summed E-state index contributed by atoms with van der Waals surface area (Å²) in [5.41, 5.74) is 6.46. The van der Waals surface area contributed by atoms with Crippen LogP contribution in [0.25, 0.3) is 0 Å². The summed E-state index contributed by atoms with van der Waals surface area (Å²) < 4.78 is 5.59. The van der Waals surface area contributed by atoms with Gasteiger partial charge in [-0.15, -0.1) is 0 Å². The molecular formula is C15H15NO3. The maximum absolute atomic E-state index is 11.7. The smallest absolute Gasteiger partial charge is 0.183 e. The normalized spacial score (nSPS) is 10.2. The summed E-state index contributed by atoms with van der Waals surface area (Å²) in [6.45, 7) is 0.161. The van der Waals surface area contributed by atoms with Gasteiger partial charge >= 0.3 is 0 Å². The maximum atomic E-state index is 11.7. The molecule has 0 aliphatic carbocycles. The molecule has 0 fully saturated rings. The largest absolute Gasteiger partial charge is 0.507 e. The number of Topliss-reactive ketones (excluding diaryl/α,β-unsaturated/α-hetero) is 1. The molecule has 0 heterocycles. The van der Waals surface area contributed by atoms with Gasteiger partial charge in [0.25, 0.3) is 0 Å². The number of ether oxygens (including phenoxy) is 1. The Hall–Kier alpha value is -2.33. The summed E-state index contributed by atoms with van der Waals surface area (Å²) in [7, 11) is 0. The molecule has 0 aliphatic heterocycles. The Bertz CT molecular complexity index is 567. The Morgan fingerprint density at radius 3 is 2.53 bits per heavy atom. The van der Waals surface area contributed by atoms with Crippen molar-refractivity contribution >= 4 is 5.78 Å². The number of hydrogen-bond donors (Lipinski definition) is 2. The van der Waals surface area contributed by atoms with E-state index in [-0.39, 0.29) is 23.6 Å². The van der Waals surface area contributed by atoms with Crippen LogP contribution < -0.4 is 10.5 Å². The zero-order valence-corrected chi connectivity index (χ0v) is 10.4. The molecule has 2 aromatic rings. The Morgan fingerprint density at radius 1 is 1.11 bits per heavy atom. The van der Waals surface area contributed by atoms with E-state index in [9.17, 15) is 9.90 Å². The predicted octanol–water partition coefficient (Wildman–Crippen LogP) is 2.11. The first-order chi connectivity index (χ1) is 9.22. The van der Waals surface area contributed by atoms with Gasteiger partial charge < -0.3 is 15.6 Å². The van der Waals surface area contributed by atoms with Crippen molar-refractivity contribution in [1.29, 1.82) is 0 Å². The fraction of sp³-hybridized carbons (Fsp3) is 0.133. The zero-order chi connectivity index (χ0) is 13.7. The van der Waals surface area contributed by atoms with E-state index in [1.807, 2.05) is 30.3 Å². The number of carbonyl (C=O) groups is 1. The minimum atomic E-state index is -0.346. The molecule has 19 heavy (non-hydrogen) atoms. The number of rotatable bonds is 5. The van der Waals surface area contributed by atoms with Crippen molar-refractivity contribution in [3.63, 3.8) is 0 Å². The van der Waals surface area contributed by atoms with Crippen molar-refractivity contribution < 1.29 is 14.6 Å². The van der Waals surface area contributed by atoms with Gasteiger partial charge in [0, 0.05) is 0 Å². The van der Waals surface area contributed by atoms with Crippen LogP contribution >= 0.6 is 0 Å². The standard InChI is InChI=1S/C15H15NO3/c16-9-13(18)15-12(17)7-4-8-14(15)19-10-11-5-2-1-3-6-11/h1-8,17H,9-10,16H2. The van der Waals surface area contributed by atoms with Crippen LogP contribution in [0.4, 0.5) is 0 Å². The van der Waals surface area contributed by atoms with E-state index in [1.54, 1.807) is 12.1 Å². The van der Waals surface area contributed by atoms with Crippen molar-refractivity contribution in [2.45, 2.75) is 6.61 Å². The number of aromatic hydroxyl groups is 1. The molecule has 0 aliphatic rings. The highest BCUT2D eigenvalue weighted by Crippen LogP contribution is 2.28. The second kappa shape index (κ2) is 6.02. The molecule has 3 N–H and O–H groups in total. The van der Waals surface area contributed by atoms with Gasteiger partial charge in [-0.3, -0.25) is 4.79 Å². The van der Waals surface area contributed by atoms with E-state index in [4.69, 9.17) is 10.5 Å². The third kappa shape index (κ3) is 3.11. The molecule has 4 nitrogen and oxygen atoms in total. The van der Waals surface area contributed by atoms with Crippen LogP contribution in [0.2, 0.25) is 0 Å². The molecule has 0 atom stereocenters. The Morgan fingerprint density at radius 2 is 1.84 bits per heavy atom. The fourth-order valence-corrected chi connectivity index (χ4v) is 1.76. The minimum absolute atomic E-state index is 0.110. The monoisotopic (exact) mass is 257 g/mol. The summed E-state index contributed by atoms with van der Waals surface area (Å²) in [5, 5.41) is 9.73. The predicted molar refractivity (Wildman–Crippen MR) is 72.3 cm³/mol. The number of phenols is 1. The van der Waals surface area contributed by atoms with Gasteiger partial charge in [0.1, 0.15) is 23.7 Å². The molecule has 4 heteroatoms. The highest BCUT2D eigenvalue weighted by Gasteiger charge is 2.15. The molecule has 0 radical (unpaired) electrons. The number of phenolic OH excluding ortho intramolecular Hbond substituents is 1. The molecular weight excluding hydrogens is 242 g/mol. The quantitative estimate of drug-likeness (QED) is 0.805. The highest BCUT2D eigenvalue weighted by molar-refractivity contribution is 6.02. The minimum Gasteiger partial charge on any atom is -0.507 e. The van der Waals surface area contributed by atoms with Gasteiger partial charge in [-0.05, 0) is 17.7 Å². The van der Waals surface area contributed by atoms with Gasteiger partial charge in [-0.2, -0.15) is 0 Å². The summed E-state index contributed by atoms with van der Waals surface area (Å²) >= 11 is 0. The SMILES string of the molecule is NCC(=O)c1c(O)cccc1OCc1ccccc1. The van der Waals surface area contributed by atoms with Crippen LogP contribution in [0.5, 0.6) is 11.5 Å². The Balaban J connectivity index is 2.21. The molecule has 0 spiro atoms. The van der Waals surface area contributed by atoms with Gasteiger partial charge in [0.2, 0.25) is 0 Å². The zero-order valence-electron chi connectivity index (χ0n) is 10.4. The molecule has 98 valence electrons. The summed E-state index contributed by atoms with van der Waals surface area (Å²) in [4.78, 5) is 11.7. The van der Waals surface area contributed by atoms with Crippen molar-refractivity contribution in [2.75, 3.05) is 6.54 Å². The molecule has 0 amide bonds. The van der Waals surface area contributed by atoms with E-state index in [0.29, 0.717) is 12.4 Å². The fourth-order valence-electron chi connectivity index (χ4n) is 1.76. The van der Waals surface area contributed by atoms with Crippen LogP contribution in [0.3, 0.4) is 0 Å². The van der Waals surface area contributed by atoms with Crippen LogP contribution in [0.1, 0.15) is 15.9 Å². The van der Waals surface area contributed by atoms with Crippen LogP contribution in [0.15, 0.2) is 48.5 Å². The third-order valence-electron chi connectivity index (χ3n) is 2.71. The van der Waals surface area contributed by atoms with Crippen molar-refractivity contribution in [2.24, 2.45) is 5.73 Å². The number of nitrogens with two attached hydrogens (primary N) is 1. The summed E-state index contributed by atoms with van der Waals surface area (Å²) in [6.07, 6.45) is 0. The first kappa shape index (κ1) is 13.1. The van der Waals surface area contributed by atoms with Crippen molar-refractivity contribution in [3.8, 4) is 11.5 Å². The Kier molecular flexibility index (Phi) is 4.15. The molecule has 0 aromatic heterocycles. The van der Waals surface area contributed by atoms with Crippen LogP contribution in [0, 0.1) is 0 Å². The van der Waals surface area contributed by atoms with E-state index < -0.39 is 0 Å². The number of benzene rings is 2. The first-order valence-corrected chi connectivity index (χ1v) is 5.94. The first-order valence-electron chi connectivity index (χ1n) is 5.94. The van der Waals surface area contributed by atoms with E-state index in [1.165, 1.54) is 6.07 Å². The van der Waals surface area contributed by atoms with Gasteiger partial charge in [0.15, 0.2) is 5.78 Å². The van der Waals surface area contributed by atoms with Gasteiger partial charge in [-0.25, -0.2) is 0 Å². The van der Waals surface area contributed by atoms with Crippen LogP contribution in [-0.4, -0.2) is 17.4 Å². The molecule has 2 rings (SSSR count). The molecule has 0 saturated heterocycles. The Labute approximate surface area is 111 Å². The summed E-state index contributed by atoms with van der Waals surface area (Å²) in [6, 6.07) is 14.3. The maximum Gasteiger partial charge on any atom is 0.183 e. The van der Waals surface area contributed by atoms with Crippen molar-refractivity contribution in [3.05, 3.63) is 59.7 Å². The lowest BCUT2D eigenvalue weighted by molar-refractivity contribution is 0.0994. The third-order valence-corrected chi connectivity index (χ3v) is 2.71. The number of carbonyl (C=O) groups excluding carboxylic acids is 1. The van der Waals surface area contributed by atoms with Crippen molar-refractivity contribution in [1.82, 2.24) is 0 Å². The lowest BCUT2D eigenvalue weighted by Gasteiger charge is -2.11. The average molecular weight is 257 g/mol. The molecule has 0 bridgehead atoms. The molecule has 0 unspecified atom stereocenters. The number of hydrogen-bond acceptors (Lipinski definition) is 4. The van der Waals surface area contributed by atoms with Gasteiger partial charge in [0.05, 0.1) is 6.54 Å². The molecule has 0 saturated carbocycles. The van der Waals surface area contributed by atoms with E-state index >= 15 is 0 Å². The number of ketones is 1. The molecule has 2 aromatic carbocycles. The van der Waals surface area contributed by atoms with Gasteiger partial charge in [-0.1, -0.05) is 36.4 Å². The average Bonchev–Trinajstić information content (AvgIpc) is 2.45. The lowest BCUT2D eigenvalue weighted by atomic mass is 10.1. The second-order valence-electron chi connectivity index (χ2n) is 4.05. The van der Waals surface area contributed by atoms with E-state index in [2.05, 4.69) is 0 Å². The lowest BCUT2D eigenvalue weighted by Crippen LogP contribution is -2.15. The highest BCUT2D eigenvalue weighted by atomic mass is 16.5. The second-order valence-corrected chi connectivity index (χ2v) is 4.05. The van der Waals surface area contributed by atoms with Crippen LogP contribution in [-0.2, 0) is 6.61 Å². The topological polar surface area (TPSA) is 72.6 Å².